The number of para-hydroxylation sites is 1. The van der Waals surface area contributed by atoms with E-state index in [1.807, 2.05) is 38.1 Å². The van der Waals surface area contributed by atoms with E-state index in [9.17, 15) is 14.0 Å². The molecule has 3 rings (SSSR count). The molecule has 0 radical (unpaired) electrons. The van der Waals surface area contributed by atoms with E-state index >= 15 is 0 Å². The van der Waals surface area contributed by atoms with Gasteiger partial charge in [-0.2, -0.15) is 0 Å². The molecule has 6 heteroatoms. The van der Waals surface area contributed by atoms with Gasteiger partial charge >= 0.3 is 0 Å². The second-order valence-electron chi connectivity index (χ2n) is 7.43. The normalized spacial score (nSPS) is 10.6. The van der Waals surface area contributed by atoms with Crippen molar-refractivity contribution in [3.8, 4) is 5.75 Å². The molecule has 3 aromatic carbocycles. The first-order valence-electron chi connectivity index (χ1n) is 10.1. The van der Waals surface area contributed by atoms with Crippen LogP contribution in [0.5, 0.6) is 5.75 Å². The van der Waals surface area contributed by atoms with Gasteiger partial charge in [-0.15, -0.1) is 0 Å². The Morgan fingerprint density at radius 3 is 2.23 bits per heavy atom. The van der Waals surface area contributed by atoms with Crippen molar-refractivity contribution >= 4 is 17.5 Å². The Hall–Kier alpha value is -3.67. The van der Waals surface area contributed by atoms with Crippen LogP contribution in [0.4, 0.5) is 10.1 Å². The monoisotopic (exact) mass is 420 g/mol. The second kappa shape index (κ2) is 10.4. The first kappa shape index (κ1) is 22.0. The third-order valence-corrected chi connectivity index (χ3v) is 4.64. The summed E-state index contributed by atoms with van der Waals surface area (Å²) >= 11 is 0. The molecule has 0 saturated heterocycles. The zero-order valence-corrected chi connectivity index (χ0v) is 17.5. The fourth-order valence-electron chi connectivity index (χ4n) is 2.79. The summed E-state index contributed by atoms with van der Waals surface area (Å²) in [4.78, 5) is 24.4. The van der Waals surface area contributed by atoms with Gasteiger partial charge in [0.1, 0.15) is 18.2 Å². The predicted molar refractivity (Wildman–Crippen MR) is 118 cm³/mol. The summed E-state index contributed by atoms with van der Waals surface area (Å²) < 4.78 is 18.8. The maximum Gasteiger partial charge on any atom is 0.255 e. The molecule has 0 aliphatic carbocycles. The molecule has 0 bridgehead atoms. The van der Waals surface area contributed by atoms with E-state index in [4.69, 9.17) is 4.74 Å². The van der Waals surface area contributed by atoms with Crippen LogP contribution in [0.2, 0.25) is 0 Å². The molecule has 31 heavy (non-hydrogen) atoms. The van der Waals surface area contributed by atoms with E-state index in [2.05, 4.69) is 10.6 Å². The highest BCUT2D eigenvalue weighted by Gasteiger charge is 2.12. The van der Waals surface area contributed by atoms with Crippen molar-refractivity contribution in [2.75, 3.05) is 5.32 Å². The average Bonchev–Trinajstić information content (AvgIpc) is 2.78. The smallest absolute Gasteiger partial charge is 0.255 e. The van der Waals surface area contributed by atoms with Crippen LogP contribution in [0.25, 0.3) is 0 Å². The molecule has 0 unspecified atom stereocenters. The lowest BCUT2D eigenvalue weighted by atomic mass is 10.1. The van der Waals surface area contributed by atoms with Crippen LogP contribution in [0, 0.1) is 11.7 Å². The van der Waals surface area contributed by atoms with Crippen molar-refractivity contribution in [1.29, 1.82) is 0 Å². The Morgan fingerprint density at radius 2 is 1.55 bits per heavy atom. The van der Waals surface area contributed by atoms with Crippen LogP contribution in [0.3, 0.4) is 0 Å². The number of carbonyl (C=O) groups excluding carboxylic acids is 2. The van der Waals surface area contributed by atoms with Crippen LogP contribution in [0.1, 0.15) is 35.3 Å². The summed E-state index contributed by atoms with van der Waals surface area (Å²) in [5, 5.41) is 5.72. The molecular formula is C25H25FN2O3. The van der Waals surface area contributed by atoms with E-state index in [0.29, 0.717) is 23.5 Å². The predicted octanol–water partition coefficient (Wildman–Crippen LogP) is 4.93. The van der Waals surface area contributed by atoms with Gasteiger partial charge in [-0.3, -0.25) is 9.59 Å². The van der Waals surface area contributed by atoms with Crippen molar-refractivity contribution in [2.45, 2.75) is 27.0 Å². The lowest BCUT2D eigenvalue weighted by molar-refractivity contribution is -0.118. The van der Waals surface area contributed by atoms with Crippen molar-refractivity contribution in [3.05, 3.63) is 95.3 Å². The zero-order valence-electron chi connectivity index (χ0n) is 17.5. The standard InChI is InChI=1S/C25H25FN2O3/c1-17(2)24(29)28-21-13-9-18(10-14-21)15-27-25(30)22-5-3-4-6-23(22)31-16-19-7-11-20(26)12-8-19/h3-14,17H,15-16H2,1-2H3,(H,27,30)(H,28,29). The quantitative estimate of drug-likeness (QED) is 0.543. The minimum absolute atomic E-state index is 0.0432. The molecule has 3 aromatic rings. The largest absolute Gasteiger partial charge is 0.488 e. The maximum atomic E-state index is 13.0. The minimum atomic E-state index is -0.307. The minimum Gasteiger partial charge on any atom is -0.488 e. The number of ether oxygens (including phenoxy) is 1. The first-order chi connectivity index (χ1) is 14.9. The number of anilines is 1. The SMILES string of the molecule is CC(C)C(=O)Nc1ccc(CNC(=O)c2ccccc2OCc2ccc(F)cc2)cc1. The van der Waals surface area contributed by atoms with Crippen LogP contribution in [0.15, 0.2) is 72.8 Å². The summed E-state index contributed by atoms with van der Waals surface area (Å²) in [5.41, 5.74) is 2.85. The van der Waals surface area contributed by atoms with Gasteiger partial charge < -0.3 is 15.4 Å². The molecule has 0 heterocycles. The summed E-state index contributed by atoms with van der Waals surface area (Å²) in [6, 6.07) is 20.3. The Bertz CT molecular complexity index is 1030. The number of benzene rings is 3. The maximum absolute atomic E-state index is 13.0. The van der Waals surface area contributed by atoms with E-state index in [0.717, 1.165) is 11.1 Å². The summed E-state index contributed by atoms with van der Waals surface area (Å²) in [6.07, 6.45) is 0. The summed E-state index contributed by atoms with van der Waals surface area (Å²) in [5.74, 6) is -0.246. The number of carbonyl (C=O) groups is 2. The number of nitrogens with one attached hydrogen (secondary N) is 2. The van der Waals surface area contributed by atoms with E-state index in [1.165, 1.54) is 12.1 Å². The highest BCUT2D eigenvalue weighted by Crippen LogP contribution is 2.20. The Balaban J connectivity index is 1.58. The van der Waals surface area contributed by atoms with Gasteiger partial charge in [-0.1, -0.05) is 50.2 Å². The van der Waals surface area contributed by atoms with Gasteiger partial charge in [0, 0.05) is 18.2 Å². The molecule has 0 aromatic heterocycles. The number of halogens is 1. The average molecular weight is 420 g/mol. The fourth-order valence-corrected chi connectivity index (χ4v) is 2.79. The highest BCUT2D eigenvalue weighted by atomic mass is 19.1. The number of amides is 2. The molecule has 0 saturated carbocycles. The van der Waals surface area contributed by atoms with Gasteiger partial charge in [-0.05, 0) is 47.5 Å². The molecule has 5 nitrogen and oxygen atoms in total. The summed E-state index contributed by atoms with van der Waals surface area (Å²) in [7, 11) is 0. The molecule has 0 atom stereocenters. The van der Waals surface area contributed by atoms with Crippen molar-refractivity contribution < 1.29 is 18.7 Å². The van der Waals surface area contributed by atoms with Crippen LogP contribution in [-0.4, -0.2) is 11.8 Å². The van der Waals surface area contributed by atoms with Crippen molar-refractivity contribution in [1.82, 2.24) is 5.32 Å². The Kier molecular flexibility index (Phi) is 7.38. The molecule has 160 valence electrons. The van der Waals surface area contributed by atoms with Gasteiger partial charge in [0.15, 0.2) is 0 Å². The first-order valence-corrected chi connectivity index (χ1v) is 10.1. The third-order valence-electron chi connectivity index (χ3n) is 4.64. The van der Waals surface area contributed by atoms with E-state index in [-0.39, 0.29) is 30.2 Å². The molecule has 0 fully saturated rings. The van der Waals surface area contributed by atoms with Crippen molar-refractivity contribution in [3.63, 3.8) is 0 Å². The van der Waals surface area contributed by atoms with Gasteiger partial charge in [0.25, 0.3) is 5.91 Å². The van der Waals surface area contributed by atoms with E-state index < -0.39 is 0 Å². The Morgan fingerprint density at radius 1 is 0.903 bits per heavy atom. The summed E-state index contributed by atoms with van der Waals surface area (Å²) in [6.45, 7) is 4.23. The third kappa shape index (κ3) is 6.40. The molecule has 0 aliphatic heterocycles. The molecular weight excluding hydrogens is 395 g/mol. The molecule has 0 spiro atoms. The van der Waals surface area contributed by atoms with Crippen molar-refractivity contribution in [2.24, 2.45) is 5.92 Å². The number of hydrogen-bond donors (Lipinski definition) is 2. The molecule has 2 N–H and O–H groups in total. The van der Waals surface area contributed by atoms with E-state index in [1.54, 1.807) is 36.4 Å². The number of rotatable bonds is 8. The van der Waals surface area contributed by atoms with Crippen LogP contribution >= 0.6 is 0 Å². The fraction of sp³-hybridized carbons (Fsp3) is 0.200. The van der Waals surface area contributed by atoms with Crippen LogP contribution in [-0.2, 0) is 17.9 Å². The van der Waals surface area contributed by atoms with Gasteiger partial charge in [0.2, 0.25) is 5.91 Å². The number of hydrogen-bond acceptors (Lipinski definition) is 3. The second-order valence-corrected chi connectivity index (χ2v) is 7.43. The Labute approximate surface area is 181 Å². The molecule has 2 amide bonds. The zero-order chi connectivity index (χ0) is 22.2. The molecule has 0 aliphatic rings. The lowest BCUT2D eigenvalue weighted by Gasteiger charge is -2.12. The lowest BCUT2D eigenvalue weighted by Crippen LogP contribution is -2.23. The van der Waals surface area contributed by atoms with Gasteiger partial charge in [-0.25, -0.2) is 4.39 Å². The topological polar surface area (TPSA) is 67.4 Å². The van der Waals surface area contributed by atoms with Crippen LogP contribution < -0.4 is 15.4 Å². The van der Waals surface area contributed by atoms with Gasteiger partial charge in [0.05, 0.1) is 5.56 Å². The highest BCUT2D eigenvalue weighted by molar-refractivity contribution is 5.97.